The Bertz CT molecular complexity index is 465. The van der Waals surface area contributed by atoms with Crippen LogP contribution in [-0.2, 0) is 16.1 Å². The van der Waals surface area contributed by atoms with Crippen molar-refractivity contribution in [2.75, 3.05) is 0 Å². The van der Waals surface area contributed by atoms with Gasteiger partial charge in [0.25, 0.3) is 0 Å². The molecule has 17 heavy (non-hydrogen) atoms. The molecular weight excluding hydrogens is 216 g/mol. The van der Waals surface area contributed by atoms with Crippen LogP contribution in [0.4, 0.5) is 0 Å². The number of aromatic nitrogens is 2. The third-order valence-electron chi connectivity index (χ3n) is 2.39. The lowest BCUT2D eigenvalue weighted by Gasteiger charge is -2.17. The largest absolute Gasteiger partial charge is 0.456 e. The lowest BCUT2D eigenvalue weighted by Crippen LogP contribution is -2.15. The summed E-state index contributed by atoms with van der Waals surface area (Å²) in [6.07, 6.45) is 3.25. The zero-order chi connectivity index (χ0) is 12.1. The topological polar surface area (TPSA) is 44.1 Å². The molecule has 0 saturated carbocycles. The number of benzene rings is 1. The fraction of sp³-hybridized carbons (Fsp3) is 0.231. The van der Waals surface area contributed by atoms with Crippen LogP contribution in [0.5, 0.6) is 0 Å². The highest BCUT2D eigenvalue weighted by molar-refractivity contribution is 5.66. The molecule has 0 aliphatic carbocycles. The molecule has 0 bridgehead atoms. The second-order valence-electron chi connectivity index (χ2n) is 3.74. The van der Waals surface area contributed by atoms with E-state index in [2.05, 4.69) is 5.10 Å². The minimum atomic E-state index is -0.298. The molecule has 88 valence electrons. The molecule has 4 heteroatoms. The van der Waals surface area contributed by atoms with Crippen molar-refractivity contribution in [2.45, 2.75) is 19.6 Å². The van der Waals surface area contributed by atoms with E-state index < -0.39 is 0 Å². The van der Waals surface area contributed by atoms with Crippen molar-refractivity contribution >= 4 is 5.97 Å². The summed E-state index contributed by atoms with van der Waals surface area (Å²) in [5, 5.41) is 4.11. The van der Waals surface area contributed by atoms with E-state index in [4.69, 9.17) is 4.74 Å². The Hall–Kier alpha value is -2.10. The average Bonchev–Trinajstić information content (AvgIpc) is 2.82. The molecule has 0 amide bonds. The first-order valence-corrected chi connectivity index (χ1v) is 5.45. The van der Waals surface area contributed by atoms with Crippen LogP contribution in [0.15, 0.2) is 48.8 Å². The van der Waals surface area contributed by atoms with E-state index in [1.807, 2.05) is 42.6 Å². The summed E-state index contributed by atoms with van der Waals surface area (Å²) >= 11 is 0. The Balaban J connectivity index is 2.16. The van der Waals surface area contributed by atoms with Gasteiger partial charge >= 0.3 is 5.97 Å². The average molecular weight is 230 g/mol. The fourth-order valence-corrected chi connectivity index (χ4v) is 1.66. The standard InChI is InChI=1S/C13H14N2O2/c1-11(16)17-13(10-15-9-5-8-14-15)12-6-3-2-4-7-12/h2-9,13H,10H2,1H3/t13-/m0/s1. The van der Waals surface area contributed by atoms with E-state index in [1.165, 1.54) is 6.92 Å². The number of esters is 1. The van der Waals surface area contributed by atoms with Crippen LogP contribution in [-0.4, -0.2) is 15.7 Å². The van der Waals surface area contributed by atoms with E-state index in [9.17, 15) is 4.79 Å². The maximum absolute atomic E-state index is 11.1. The highest BCUT2D eigenvalue weighted by Gasteiger charge is 2.15. The predicted molar refractivity (Wildman–Crippen MR) is 63.2 cm³/mol. The van der Waals surface area contributed by atoms with Gasteiger partial charge in [-0.3, -0.25) is 9.48 Å². The van der Waals surface area contributed by atoms with Crippen molar-refractivity contribution in [1.82, 2.24) is 9.78 Å². The predicted octanol–water partition coefficient (Wildman–Crippen LogP) is 2.19. The van der Waals surface area contributed by atoms with E-state index in [-0.39, 0.29) is 12.1 Å². The van der Waals surface area contributed by atoms with Crippen LogP contribution < -0.4 is 0 Å². The third-order valence-corrected chi connectivity index (χ3v) is 2.39. The molecule has 1 aromatic carbocycles. The zero-order valence-corrected chi connectivity index (χ0v) is 9.61. The summed E-state index contributed by atoms with van der Waals surface area (Å²) in [5.74, 6) is -0.286. The summed E-state index contributed by atoms with van der Waals surface area (Å²) in [7, 11) is 0. The lowest BCUT2D eigenvalue weighted by atomic mass is 10.1. The van der Waals surface area contributed by atoms with Gasteiger partial charge in [-0.1, -0.05) is 30.3 Å². The molecule has 0 aliphatic rings. The summed E-state index contributed by atoms with van der Waals surface area (Å²) < 4.78 is 7.06. The van der Waals surface area contributed by atoms with Gasteiger partial charge in [-0.25, -0.2) is 0 Å². The van der Waals surface area contributed by atoms with Crippen molar-refractivity contribution in [3.05, 3.63) is 54.4 Å². The Morgan fingerprint density at radius 1 is 1.35 bits per heavy atom. The van der Waals surface area contributed by atoms with Gasteiger partial charge < -0.3 is 4.74 Å². The Morgan fingerprint density at radius 2 is 2.12 bits per heavy atom. The molecule has 2 rings (SSSR count). The minimum absolute atomic E-state index is 0.286. The van der Waals surface area contributed by atoms with Crippen molar-refractivity contribution in [3.8, 4) is 0 Å². The van der Waals surface area contributed by atoms with Crippen LogP contribution in [0.3, 0.4) is 0 Å². The molecule has 0 saturated heterocycles. The van der Waals surface area contributed by atoms with E-state index in [0.29, 0.717) is 6.54 Å². The Kier molecular flexibility index (Phi) is 3.55. The van der Waals surface area contributed by atoms with Crippen molar-refractivity contribution in [3.63, 3.8) is 0 Å². The molecule has 0 unspecified atom stereocenters. The van der Waals surface area contributed by atoms with Gasteiger partial charge in [0.15, 0.2) is 0 Å². The van der Waals surface area contributed by atoms with Crippen LogP contribution in [0.1, 0.15) is 18.6 Å². The molecule has 0 aliphatic heterocycles. The van der Waals surface area contributed by atoms with Crippen LogP contribution >= 0.6 is 0 Å². The van der Waals surface area contributed by atoms with Crippen LogP contribution in [0.2, 0.25) is 0 Å². The van der Waals surface area contributed by atoms with Crippen molar-refractivity contribution < 1.29 is 9.53 Å². The molecule has 0 N–H and O–H groups in total. The number of hydrogen-bond donors (Lipinski definition) is 0. The monoisotopic (exact) mass is 230 g/mol. The smallest absolute Gasteiger partial charge is 0.303 e. The van der Waals surface area contributed by atoms with Crippen LogP contribution in [0, 0.1) is 0 Å². The molecular formula is C13H14N2O2. The highest BCUT2D eigenvalue weighted by Crippen LogP contribution is 2.19. The van der Waals surface area contributed by atoms with Crippen molar-refractivity contribution in [1.29, 1.82) is 0 Å². The molecule has 1 heterocycles. The SMILES string of the molecule is CC(=O)O[C@@H](Cn1cccn1)c1ccccc1. The molecule has 4 nitrogen and oxygen atoms in total. The first kappa shape index (κ1) is 11.4. The second kappa shape index (κ2) is 5.30. The number of hydrogen-bond acceptors (Lipinski definition) is 3. The molecule has 1 aromatic heterocycles. The summed E-state index contributed by atoms with van der Waals surface area (Å²) in [6, 6.07) is 11.5. The maximum atomic E-state index is 11.1. The van der Waals surface area contributed by atoms with Crippen LogP contribution in [0.25, 0.3) is 0 Å². The van der Waals surface area contributed by atoms with Gasteiger partial charge in [0.05, 0.1) is 6.54 Å². The number of carbonyl (C=O) groups excluding carboxylic acids is 1. The normalized spacial score (nSPS) is 12.1. The summed E-state index contributed by atoms with van der Waals surface area (Å²) in [5.41, 5.74) is 0.971. The molecule has 2 aromatic rings. The quantitative estimate of drug-likeness (QED) is 0.756. The van der Waals surface area contributed by atoms with Gasteiger partial charge in [0, 0.05) is 19.3 Å². The van der Waals surface area contributed by atoms with Gasteiger partial charge in [-0.2, -0.15) is 5.10 Å². The number of rotatable bonds is 4. The second-order valence-corrected chi connectivity index (χ2v) is 3.74. The molecule has 0 radical (unpaired) electrons. The van der Waals surface area contributed by atoms with Gasteiger partial charge in [0.1, 0.15) is 6.10 Å². The van der Waals surface area contributed by atoms with E-state index >= 15 is 0 Å². The Morgan fingerprint density at radius 3 is 2.71 bits per heavy atom. The van der Waals surface area contributed by atoms with E-state index in [1.54, 1.807) is 10.9 Å². The zero-order valence-electron chi connectivity index (χ0n) is 9.61. The molecule has 0 spiro atoms. The van der Waals surface area contributed by atoms with Gasteiger partial charge in [-0.05, 0) is 11.6 Å². The molecule has 0 fully saturated rings. The van der Waals surface area contributed by atoms with Gasteiger partial charge in [-0.15, -0.1) is 0 Å². The summed E-state index contributed by atoms with van der Waals surface area (Å²) in [4.78, 5) is 11.1. The number of carbonyl (C=O) groups is 1. The highest BCUT2D eigenvalue weighted by atomic mass is 16.5. The molecule has 1 atom stereocenters. The number of ether oxygens (including phenoxy) is 1. The first-order valence-electron chi connectivity index (χ1n) is 5.45. The fourth-order valence-electron chi connectivity index (χ4n) is 1.66. The summed E-state index contributed by atoms with van der Waals surface area (Å²) in [6.45, 7) is 1.94. The van der Waals surface area contributed by atoms with Gasteiger partial charge in [0.2, 0.25) is 0 Å². The third kappa shape index (κ3) is 3.17. The first-order chi connectivity index (χ1) is 8.25. The van der Waals surface area contributed by atoms with Crippen molar-refractivity contribution in [2.24, 2.45) is 0 Å². The maximum Gasteiger partial charge on any atom is 0.303 e. The Labute approximate surface area is 99.8 Å². The lowest BCUT2D eigenvalue weighted by molar-refractivity contribution is -0.147. The minimum Gasteiger partial charge on any atom is -0.456 e. The van der Waals surface area contributed by atoms with E-state index in [0.717, 1.165) is 5.56 Å². The number of nitrogens with zero attached hydrogens (tertiary/aromatic N) is 2.